The van der Waals surface area contributed by atoms with E-state index in [9.17, 15) is 0 Å². The van der Waals surface area contributed by atoms with E-state index in [1.165, 1.54) is 5.56 Å². The van der Waals surface area contributed by atoms with Gasteiger partial charge in [0.15, 0.2) is 0 Å². The zero-order valence-corrected chi connectivity index (χ0v) is 12.9. The molecule has 0 aliphatic carbocycles. The number of rotatable bonds is 6. The molecule has 0 amide bonds. The van der Waals surface area contributed by atoms with E-state index < -0.39 is 0 Å². The minimum atomic E-state index is 0.582. The van der Waals surface area contributed by atoms with Gasteiger partial charge in [0.2, 0.25) is 0 Å². The van der Waals surface area contributed by atoms with Crippen LogP contribution < -0.4 is 15.8 Å². The number of benzene rings is 3. The molecule has 3 nitrogen and oxygen atoms in total. The van der Waals surface area contributed by atoms with Gasteiger partial charge in [-0.1, -0.05) is 42.5 Å². The van der Waals surface area contributed by atoms with Crippen LogP contribution in [0, 0.1) is 0 Å². The van der Waals surface area contributed by atoms with Crippen molar-refractivity contribution in [2.24, 2.45) is 0 Å². The fourth-order valence-corrected chi connectivity index (χ4v) is 2.25. The van der Waals surface area contributed by atoms with Crippen molar-refractivity contribution in [1.29, 1.82) is 0 Å². The van der Waals surface area contributed by atoms with Crippen molar-refractivity contribution >= 4 is 11.4 Å². The largest absolute Gasteiger partial charge is 0.489 e. The zero-order chi connectivity index (χ0) is 15.9. The molecule has 3 rings (SSSR count). The van der Waals surface area contributed by atoms with Crippen molar-refractivity contribution in [2.45, 2.75) is 13.2 Å². The van der Waals surface area contributed by atoms with Crippen LogP contribution in [0.2, 0.25) is 0 Å². The van der Waals surface area contributed by atoms with Crippen LogP contribution in [0.25, 0.3) is 0 Å². The summed E-state index contributed by atoms with van der Waals surface area (Å²) < 4.78 is 5.78. The lowest BCUT2D eigenvalue weighted by atomic mass is 10.2. The maximum Gasteiger partial charge on any atom is 0.119 e. The second-order valence-electron chi connectivity index (χ2n) is 5.39. The summed E-state index contributed by atoms with van der Waals surface area (Å²) in [4.78, 5) is 0. The highest BCUT2D eigenvalue weighted by molar-refractivity contribution is 5.47. The van der Waals surface area contributed by atoms with Crippen molar-refractivity contribution in [2.75, 3.05) is 11.1 Å². The predicted molar refractivity (Wildman–Crippen MR) is 95.4 cm³/mol. The van der Waals surface area contributed by atoms with Gasteiger partial charge in [-0.15, -0.1) is 0 Å². The van der Waals surface area contributed by atoms with Gasteiger partial charge in [-0.3, -0.25) is 0 Å². The molecule has 0 aliphatic heterocycles. The van der Waals surface area contributed by atoms with Crippen molar-refractivity contribution in [3.63, 3.8) is 0 Å². The second kappa shape index (κ2) is 7.36. The van der Waals surface area contributed by atoms with Gasteiger partial charge in [0.05, 0.1) is 0 Å². The van der Waals surface area contributed by atoms with Gasteiger partial charge in [0.25, 0.3) is 0 Å². The zero-order valence-electron chi connectivity index (χ0n) is 12.9. The van der Waals surface area contributed by atoms with Crippen LogP contribution in [-0.4, -0.2) is 0 Å². The Balaban J connectivity index is 1.51. The Morgan fingerprint density at radius 1 is 0.739 bits per heavy atom. The molecule has 0 heterocycles. The summed E-state index contributed by atoms with van der Waals surface area (Å²) in [7, 11) is 0. The topological polar surface area (TPSA) is 47.3 Å². The average molecular weight is 304 g/mol. The highest BCUT2D eigenvalue weighted by atomic mass is 16.5. The number of hydrogen-bond donors (Lipinski definition) is 2. The summed E-state index contributed by atoms with van der Waals surface area (Å²) in [5.41, 5.74) is 9.90. The van der Waals surface area contributed by atoms with E-state index in [-0.39, 0.29) is 0 Å². The number of ether oxygens (including phenoxy) is 1. The number of nitrogen functional groups attached to an aromatic ring is 1. The Kier molecular flexibility index (Phi) is 4.79. The molecule has 0 saturated heterocycles. The molecule has 0 unspecified atom stereocenters. The summed E-state index contributed by atoms with van der Waals surface area (Å²) in [6.45, 7) is 1.35. The van der Waals surface area contributed by atoms with Crippen molar-refractivity contribution < 1.29 is 4.74 Å². The van der Waals surface area contributed by atoms with E-state index in [1.807, 2.05) is 66.7 Å². The Labute approximate surface area is 136 Å². The maximum atomic E-state index is 5.78. The van der Waals surface area contributed by atoms with Crippen LogP contribution in [0.1, 0.15) is 11.1 Å². The molecule has 3 N–H and O–H groups in total. The summed E-state index contributed by atoms with van der Waals surface area (Å²) in [6.07, 6.45) is 0. The van der Waals surface area contributed by atoms with Gasteiger partial charge in [0.1, 0.15) is 12.4 Å². The third-order valence-electron chi connectivity index (χ3n) is 3.58. The van der Waals surface area contributed by atoms with Gasteiger partial charge in [-0.2, -0.15) is 0 Å². The highest BCUT2D eigenvalue weighted by Crippen LogP contribution is 2.18. The summed E-state index contributed by atoms with van der Waals surface area (Å²) in [6, 6.07) is 26.0. The maximum absolute atomic E-state index is 5.78. The predicted octanol–water partition coefficient (Wildman–Crippen LogP) is 4.46. The van der Waals surface area contributed by atoms with Crippen molar-refractivity contribution in [3.8, 4) is 5.75 Å². The molecular weight excluding hydrogens is 284 g/mol. The molecule has 0 saturated carbocycles. The summed E-state index contributed by atoms with van der Waals surface area (Å²) >= 11 is 0. The van der Waals surface area contributed by atoms with Crippen LogP contribution in [0.5, 0.6) is 5.75 Å². The SMILES string of the molecule is Nc1ccc(CNc2ccc(OCc3ccccc3)cc2)cc1. The molecule has 0 bridgehead atoms. The van der Waals surface area contributed by atoms with Gasteiger partial charge in [-0.25, -0.2) is 0 Å². The van der Waals surface area contributed by atoms with Gasteiger partial charge < -0.3 is 15.8 Å². The lowest BCUT2D eigenvalue weighted by Crippen LogP contribution is -2.00. The highest BCUT2D eigenvalue weighted by Gasteiger charge is 1.98. The third kappa shape index (κ3) is 4.51. The molecule has 0 aliphatic rings. The molecule has 3 aromatic carbocycles. The molecule has 0 atom stereocenters. The molecule has 116 valence electrons. The lowest BCUT2D eigenvalue weighted by Gasteiger charge is -2.09. The standard InChI is InChI=1S/C20H20N2O/c21-18-8-6-16(7-9-18)14-22-19-10-12-20(13-11-19)23-15-17-4-2-1-3-5-17/h1-13,22H,14-15,21H2. The number of nitrogens with two attached hydrogens (primary N) is 1. The van der Waals surface area contributed by atoms with E-state index in [2.05, 4.69) is 17.4 Å². The van der Waals surface area contributed by atoms with Crippen molar-refractivity contribution in [3.05, 3.63) is 90.0 Å². The number of anilines is 2. The van der Waals surface area contributed by atoms with E-state index >= 15 is 0 Å². The first-order valence-corrected chi connectivity index (χ1v) is 7.65. The van der Waals surface area contributed by atoms with Crippen LogP contribution in [0.4, 0.5) is 11.4 Å². The van der Waals surface area contributed by atoms with Crippen LogP contribution in [0.15, 0.2) is 78.9 Å². The molecular formula is C20H20N2O. The molecule has 0 fully saturated rings. The molecule has 3 heteroatoms. The first-order valence-electron chi connectivity index (χ1n) is 7.65. The average Bonchev–Trinajstić information content (AvgIpc) is 2.61. The van der Waals surface area contributed by atoms with Crippen molar-refractivity contribution in [1.82, 2.24) is 0 Å². The van der Waals surface area contributed by atoms with E-state index in [4.69, 9.17) is 10.5 Å². The van der Waals surface area contributed by atoms with Gasteiger partial charge >= 0.3 is 0 Å². The number of hydrogen-bond acceptors (Lipinski definition) is 3. The van der Waals surface area contributed by atoms with E-state index in [0.717, 1.165) is 29.2 Å². The number of nitrogens with one attached hydrogen (secondary N) is 1. The van der Waals surface area contributed by atoms with Gasteiger partial charge in [-0.05, 0) is 47.5 Å². The Hall–Kier alpha value is -2.94. The minimum absolute atomic E-state index is 0.582. The Morgan fingerprint density at radius 2 is 1.43 bits per heavy atom. The fourth-order valence-electron chi connectivity index (χ4n) is 2.25. The van der Waals surface area contributed by atoms with Crippen LogP contribution in [0.3, 0.4) is 0 Å². The normalized spacial score (nSPS) is 10.3. The fraction of sp³-hybridized carbons (Fsp3) is 0.100. The molecule has 0 aromatic heterocycles. The monoisotopic (exact) mass is 304 g/mol. The Bertz CT molecular complexity index is 722. The smallest absolute Gasteiger partial charge is 0.119 e. The van der Waals surface area contributed by atoms with E-state index in [1.54, 1.807) is 0 Å². The molecule has 23 heavy (non-hydrogen) atoms. The first-order chi connectivity index (χ1) is 11.3. The van der Waals surface area contributed by atoms with Crippen LogP contribution >= 0.6 is 0 Å². The summed E-state index contributed by atoms with van der Waals surface area (Å²) in [5.74, 6) is 0.867. The molecule has 3 aromatic rings. The molecule has 0 spiro atoms. The quantitative estimate of drug-likeness (QED) is 0.661. The second-order valence-corrected chi connectivity index (χ2v) is 5.39. The third-order valence-corrected chi connectivity index (χ3v) is 3.58. The van der Waals surface area contributed by atoms with Crippen LogP contribution in [-0.2, 0) is 13.2 Å². The summed E-state index contributed by atoms with van der Waals surface area (Å²) in [5, 5.41) is 3.39. The van der Waals surface area contributed by atoms with Gasteiger partial charge in [0, 0.05) is 17.9 Å². The lowest BCUT2D eigenvalue weighted by molar-refractivity contribution is 0.306. The molecule has 0 radical (unpaired) electrons. The van der Waals surface area contributed by atoms with E-state index in [0.29, 0.717) is 6.61 Å². The Morgan fingerprint density at radius 3 is 2.13 bits per heavy atom. The minimum Gasteiger partial charge on any atom is -0.489 e. The first kappa shape index (κ1) is 15.0.